The van der Waals surface area contributed by atoms with Gasteiger partial charge in [0.15, 0.2) is 0 Å². The zero-order chi connectivity index (χ0) is 16.6. The Morgan fingerprint density at radius 2 is 1.55 bits per heavy atom. The molecule has 0 aliphatic carbocycles. The van der Waals surface area contributed by atoms with Gasteiger partial charge < -0.3 is 19.5 Å². The molecule has 0 aliphatic rings. The second kappa shape index (κ2) is 15.3. The van der Waals surface area contributed by atoms with E-state index in [1.807, 2.05) is 13.8 Å². The highest BCUT2D eigenvalue weighted by atomic mass is 16.5. The first-order chi connectivity index (χ1) is 10.5. The average molecular weight is 317 g/mol. The minimum atomic E-state index is 0.0656. The monoisotopic (exact) mass is 317 g/mol. The van der Waals surface area contributed by atoms with E-state index in [4.69, 9.17) is 14.2 Å². The molecule has 0 bridgehead atoms. The molecule has 0 aromatic heterocycles. The van der Waals surface area contributed by atoms with Crippen molar-refractivity contribution < 1.29 is 19.0 Å². The lowest BCUT2D eigenvalue weighted by atomic mass is 10.1. The second-order valence-electron chi connectivity index (χ2n) is 6.13. The van der Waals surface area contributed by atoms with Crippen LogP contribution in [0.25, 0.3) is 0 Å². The number of unbranched alkanes of at least 4 members (excludes halogenated alkanes) is 1. The van der Waals surface area contributed by atoms with Crippen LogP contribution in [0.15, 0.2) is 0 Å². The van der Waals surface area contributed by atoms with Gasteiger partial charge >= 0.3 is 0 Å². The summed E-state index contributed by atoms with van der Waals surface area (Å²) < 4.78 is 16.1. The Kier molecular flexibility index (Phi) is 14.8. The van der Waals surface area contributed by atoms with Crippen molar-refractivity contribution >= 4 is 5.91 Å². The Morgan fingerprint density at radius 3 is 2.18 bits per heavy atom. The number of ether oxygens (including phenoxy) is 3. The van der Waals surface area contributed by atoms with Crippen LogP contribution in [0.2, 0.25) is 0 Å². The van der Waals surface area contributed by atoms with Gasteiger partial charge in [0.1, 0.15) is 0 Å². The number of hydrogen-bond donors (Lipinski definition) is 1. The predicted octanol–water partition coefficient (Wildman–Crippen LogP) is 2.78. The maximum absolute atomic E-state index is 11.5. The van der Waals surface area contributed by atoms with E-state index in [2.05, 4.69) is 19.2 Å². The van der Waals surface area contributed by atoms with E-state index in [-0.39, 0.29) is 12.0 Å². The molecule has 0 rings (SSSR count). The second-order valence-corrected chi connectivity index (χ2v) is 6.13. The fourth-order valence-corrected chi connectivity index (χ4v) is 1.82. The minimum absolute atomic E-state index is 0.0656. The van der Waals surface area contributed by atoms with Gasteiger partial charge in [0, 0.05) is 13.0 Å². The summed E-state index contributed by atoms with van der Waals surface area (Å²) in [6.07, 6.45) is 4.11. The summed E-state index contributed by atoms with van der Waals surface area (Å²) in [4.78, 5) is 11.5. The molecule has 1 N–H and O–H groups in total. The van der Waals surface area contributed by atoms with Crippen LogP contribution in [-0.2, 0) is 19.0 Å². The molecule has 0 spiro atoms. The smallest absolute Gasteiger partial charge is 0.222 e. The van der Waals surface area contributed by atoms with E-state index < -0.39 is 0 Å². The lowest BCUT2D eigenvalue weighted by Crippen LogP contribution is -2.25. The van der Waals surface area contributed by atoms with Gasteiger partial charge in [-0.15, -0.1) is 0 Å². The Balaban J connectivity index is 3.18. The molecule has 132 valence electrons. The lowest BCUT2D eigenvalue weighted by Gasteiger charge is -2.09. The number of hydrogen-bond acceptors (Lipinski definition) is 4. The van der Waals surface area contributed by atoms with Gasteiger partial charge in [0.25, 0.3) is 0 Å². The summed E-state index contributed by atoms with van der Waals surface area (Å²) in [7, 11) is 0. The van der Waals surface area contributed by atoms with Crippen molar-refractivity contribution in [1.29, 1.82) is 0 Å². The van der Waals surface area contributed by atoms with E-state index >= 15 is 0 Å². The highest BCUT2D eigenvalue weighted by Crippen LogP contribution is 2.05. The normalized spacial score (nSPS) is 11.4. The molecular formula is C17H35NO4. The molecule has 5 nitrogen and oxygen atoms in total. The summed E-state index contributed by atoms with van der Waals surface area (Å²) in [5.74, 6) is 0.805. The number of rotatable bonds is 15. The van der Waals surface area contributed by atoms with Crippen LogP contribution in [0.5, 0.6) is 0 Å². The van der Waals surface area contributed by atoms with Crippen molar-refractivity contribution in [3.8, 4) is 0 Å². The van der Waals surface area contributed by atoms with Crippen LogP contribution in [0.4, 0.5) is 0 Å². The zero-order valence-electron chi connectivity index (χ0n) is 14.9. The molecule has 0 aromatic carbocycles. The molecule has 0 saturated heterocycles. The molecule has 0 radical (unpaired) electrons. The minimum Gasteiger partial charge on any atom is -0.379 e. The van der Waals surface area contributed by atoms with E-state index in [0.717, 1.165) is 18.9 Å². The maximum atomic E-state index is 11.5. The van der Waals surface area contributed by atoms with E-state index in [1.165, 1.54) is 12.8 Å². The van der Waals surface area contributed by atoms with E-state index in [1.54, 1.807) is 0 Å². The highest BCUT2D eigenvalue weighted by Gasteiger charge is 2.01. The lowest BCUT2D eigenvalue weighted by molar-refractivity contribution is -0.122. The maximum Gasteiger partial charge on any atom is 0.222 e. The SMILES string of the molecule is CC(C)CCCCNC(=O)CCOCCOCCOC(C)C. The molecule has 22 heavy (non-hydrogen) atoms. The standard InChI is InChI=1S/C17H35NO4/c1-15(2)7-5-6-9-18-17(19)8-10-20-11-12-21-13-14-22-16(3)4/h15-16H,5-14H2,1-4H3,(H,18,19). The highest BCUT2D eigenvalue weighted by molar-refractivity contribution is 5.75. The molecule has 1 amide bonds. The van der Waals surface area contributed by atoms with Gasteiger partial charge in [0.05, 0.1) is 39.1 Å². The number of carbonyl (C=O) groups is 1. The Hall–Kier alpha value is -0.650. The number of amides is 1. The van der Waals surface area contributed by atoms with Crippen molar-refractivity contribution in [2.45, 2.75) is 59.5 Å². The third-order valence-electron chi connectivity index (χ3n) is 3.05. The largest absolute Gasteiger partial charge is 0.379 e. The molecule has 0 atom stereocenters. The fourth-order valence-electron chi connectivity index (χ4n) is 1.82. The number of nitrogens with one attached hydrogen (secondary N) is 1. The van der Waals surface area contributed by atoms with Crippen LogP contribution in [0.1, 0.15) is 53.4 Å². The average Bonchev–Trinajstić information content (AvgIpc) is 2.44. The van der Waals surface area contributed by atoms with Gasteiger partial charge in [-0.3, -0.25) is 4.79 Å². The first-order valence-electron chi connectivity index (χ1n) is 8.56. The van der Waals surface area contributed by atoms with Gasteiger partial charge in [-0.05, 0) is 26.2 Å². The Bertz CT molecular complexity index is 257. The van der Waals surface area contributed by atoms with Crippen LogP contribution < -0.4 is 5.32 Å². The number of carbonyl (C=O) groups excluding carboxylic acids is 1. The summed E-state index contributed by atoms with van der Waals surface area (Å²) in [6, 6.07) is 0. The molecule has 0 saturated carbocycles. The molecular weight excluding hydrogens is 282 g/mol. The van der Waals surface area contributed by atoms with E-state index in [0.29, 0.717) is 39.5 Å². The van der Waals surface area contributed by atoms with Crippen LogP contribution in [0, 0.1) is 5.92 Å². The third kappa shape index (κ3) is 17.4. The summed E-state index contributed by atoms with van der Waals surface area (Å²) >= 11 is 0. The van der Waals surface area contributed by atoms with Gasteiger partial charge in [-0.2, -0.15) is 0 Å². The Morgan fingerprint density at radius 1 is 0.909 bits per heavy atom. The van der Waals surface area contributed by atoms with Crippen molar-refractivity contribution in [2.24, 2.45) is 5.92 Å². The summed E-state index contributed by atoms with van der Waals surface area (Å²) in [6.45, 7) is 11.9. The topological polar surface area (TPSA) is 56.8 Å². The molecule has 0 aromatic rings. The van der Waals surface area contributed by atoms with Crippen molar-refractivity contribution in [3.05, 3.63) is 0 Å². The van der Waals surface area contributed by atoms with Gasteiger partial charge in [-0.1, -0.05) is 26.7 Å². The first-order valence-corrected chi connectivity index (χ1v) is 8.56. The van der Waals surface area contributed by atoms with E-state index in [9.17, 15) is 4.79 Å². The van der Waals surface area contributed by atoms with Crippen LogP contribution in [0.3, 0.4) is 0 Å². The van der Waals surface area contributed by atoms with Crippen molar-refractivity contribution in [1.82, 2.24) is 5.32 Å². The van der Waals surface area contributed by atoms with Crippen molar-refractivity contribution in [3.63, 3.8) is 0 Å². The molecule has 5 heteroatoms. The van der Waals surface area contributed by atoms with Gasteiger partial charge in [-0.25, -0.2) is 0 Å². The predicted molar refractivity (Wildman–Crippen MR) is 89.0 cm³/mol. The Labute approximate surface area is 136 Å². The summed E-state index contributed by atoms with van der Waals surface area (Å²) in [5, 5.41) is 2.92. The quantitative estimate of drug-likeness (QED) is 0.472. The van der Waals surface area contributed by atoms with Gasteiger partial charge in [0.2, 0.25) is 5.91 Å². The fraction of sp³-hybridized carbons (Fsp3) is 0.941. The van der Waals surface area contributed by atoms with Crippen LogP contribution in [-0.4, -0.2) is 51.6 Å². The summed E-state index contributed by atoms with van der Waals surface area (Å²) in [5.41, 5.74) is 0. The molecule has 0 heterocycles. The van der Waals surface area contributed by atoms with Crippen LogP contribution >= 0.6 is 0 Å². The first kappa shape index (κ1) is 21.4. The molecule has 0 fully saturated rings. The third-order valence-corrected chi connectivity index (χ3v) is 3.05. The molecule has 0 unspecified atom stereocenters. The molecule has 0 aliphatic heterocycles. The van der Waals surface area contributed by atoms with Crippen molar-refractivity contribution in [2.75, 3.05) is 39.6 Å². The zero-order valence-corrected chi connectivity index (χ0v) is 14.9.